The molecule has 13 heavy (non-hydrogen) atoms. The molecule has 0 spiro atoms. The SMILES string of the molecule is CC(C)=[N+]1CCCC1.[O-][Cl+3]([O-])([O-])[O-]. The van der Waals surface area contributed by atoms with Crippen molar-refractivity contribution in [1.29, 1.82) is 0 Å². The molecule has 1 aliphatic heterocycles. The van der Waals surface area contributed by atoms with Crippen LogP contribution in [-0.2, 0) is 0 Å². The van der Waals surface area contributed by atoms with Gasteiger partial charge in [0.15, 0.2) is 0 Å². The summed E-state index contributed by atoms with van der Waals surface area (Å²) in [6.45, 7) is 6.96. The summed E-state index contributed by atoms with van der Waals surface area (Å²) >= 11 is 0. The quantitative estimate of drug-likeness (QED) is 0.389. The summed E-state index contributed by atoms with van der Waals surface area (Å²) in [6, 6.07) is 0. The van der Waals surface area contributed by atoms with Gasteiger partial charge in [-0.1, -0.05) is 0 Å². The van der Waals surface area contributed by atoms with E-state index < -0.39 is 10.2 Å². The van der Waals surface area contributed by atoms with Gasteiger partial charge >= 0.3 is 0 Å². The molecule has 0 aromatic heterocycles. The van der Waals surface area contributed by atoms with E-state index in [4.69, 9.17) is 18.6 Å². The Bertz CT molecular complexity index is 169. The van der Waals surface area contributed by atoms with Crippen LogP contribution in [0.25, 0.3) is 0 Å². The van der Waals surface area contributed by atoms with Crippen molar-refractivity contribution in [2.45, 2.75) is 26.7 Å². The first-order chi connectivity index (χ1) is 5.80. The van der Waals surface area contributed by atoms with Gasteiger partial charge in [-0.15, -0.1) is 10.2 Å². The molecule has 0 atom stereocenters. The van der Waals surface area contributed by atoms with Crippen molar-refractivity contribution in [1.82, 2.24) is 0 Å². The van der Waals surface area contributed by atoms with Crippen molar-refractivity contribution >= 4 is 5.71 Å². The lowest BCUT2D eigenvalue weighted by Gasteiger charge is -2.17. The fourth-order valence-electron chi connectivity index (χ4n) is 1.16. The van der Waals surface area contributed by atoms with Gasteiger partial charge in [-0.2, -0.15) is 0 Å². The Morgan fingerprint density at radius 3 is 1.46 bits per heavy atom. The van der Waals surface area contributed by atoms with Crippen molar-refractivity contribution in [2.75, 3.05) is 13.1 Å². The lowest BCUT2D eigenvalue weighted by atomic mass is 10.4. The van der Waals surface area contributed by atoms with Crippen LogP contribution in [0.3, 0.4) is 0 Å². The van der Waals surface area contributed by atoms with Gasteiger partial charge in [-0.05, 0) is 0 Å². The molecule has 0 unspecified atom stereocenters. The summed E-state index contributed by atoms with van der Waals surface area (Å²) in [6.07, 6.45) is 2.79. The molecule has 0 amide bonds. The van der Waals surface area contributed by atoms with Crippen molar-refractivity contribution in [3.05, 3.63) is 0 Å². The Hall–Kier alpha value is -0.200. The average Bonchev–Trinajstić information content (AvgIpc) is 2.31. The van der Waals surface area contributed by atoms with Crippen LogP contribution in [0.15, 0.2) is 0 Å². The van der Waals surface area contributed by atoms with E-state index in [1.54, 1.807) is 0 Å². The highest BCUT2D eigenvalue weighted by Crippen LogP contribution is 2.01. The second-order valence-electron chi connectivity index (χ2n) is 3.02. The van der Waals surface area contributed by atoms with Crippen molar-refractivity contribution < 1.29 is 33.5 Å². The maximum absolute atomic E-state index is 8.49. The summed E-state index contributed by atoms with van der Waals surface area (Å²) in [5.74, 6) is 0. The van der Waals surface area contributed by atoms with E-state index in [9.17, 15) is 0 Å². The van der Waals surface area contributed by atoms with Gasteiger partial charge in [-0.3, -0.25) is 0 Å². The molecule has 0 aromatic carbocycles. The molecule has 0 aromatic rings. The van der Waals surface area contributed by atoms with E-state index in [1.807, 2.05) is 0 Å². The molecule has 0 N–H and O–H groups in total. The molecule has 0 bridgehead atoms. The second-order valence-corrected chi connectivity index (χ2v) is 3.78. The standard InChI is InChI=1S/C7H14N.ClHO4/c1-7(2)8-5-3-4-6-8;2-1(3,4)5/h3-6H2,1-2H3;(H,2,3,4,5)/q+1;/p-1. The zero-order valence-electron chi connectivity index (χ0n) is 7.79. The fourth-order valence-corrected chi connectivity index (χ4v) is 1.16. The maximum Gasteiger partial charge on any atom is 0.146 e. The first-order valence-corrected chi connectivity index (χ1v) is 5.21. The van der Waals surface area contributed by atoms with Crippen molar-refractivity contribution in [3.63, 3.8) is 0 Å². The summed E-state index contributed by atoms with van der Waals surface area (Å²) in [5, 5.41) is 0. The number of rotatable bonds is 0. The summed E-state index contributed by atoms with van der Waals surface area (Å²) in [7, 11) is -4.94. The topological polar surface area (TPSA) is 95.2 Å². The molecule has 1 fully saturated rings. The van der Waals surface area contributed by atoms with Gasteiger partial charge in [-0.25, -0.2) is 23.2 Å². The molecule has 1 heterocycles. The van der Waals surface area contributed by atoms with Crippen LogP contribution in [0.1, 0.15) is 26.7 Å². The highest BCUT2D eigenvalue weighted by Gasteiger charge is 2.12. The maximum atomic E-state index is 8.49. The molecule has 0 radical (unpaired) electrons. The molecule has 1 rings (SSSR count). The number of halogens is 1. The van der Waals surface area contributed by atoms with Gasteiger partial charge in [0.05, 0.1) is 0 Å². The van der Waals surface area contributed by atoms with E-state index in [2.05, 4.69) is 18.4 Å². The van der Waals surface area contributed by atoms with Gasteiger partial charge in [0.25, 0.3) is 0 Å². The second kappa shape index (κ2) is 5.51. The number of hydrogen-bond donors (Lipinski definition) is 0. The minimum atomic E-state index is -4.94. The molecule has 6 heteroatoms. The molecule has 0 saturated carbocycles. The van der Waals surface area contributed by atoms with Gasteiger partial charge in [0, 0.05) is 26.7 Å². The van der Waals surface area contributed by atoms with Gasteiger partial charge in [0.1, 0.15) is 18.8 Å². The lowest BCUT2D eigenvalue weighted by Crippen LogP contribution is -2.68. The molecule has 0 aliphatic carbocycles. The number of nitrogens with zero attached hydrogens (tertiary/aromatic N) is 1. The average molecular weight is 212 g/mol. The molecule has 1 saturated heterocycles. The van der Waals surface area contributed by atoms with Crippen LogP contribution in [0, 0.1) is 10.2 Å². The van der Waals surface area contributed by atoms with E-state index in [-0.39, 0.29) is 0 Å². The Balaban J connectivity index is 0.000000252. The predicted octanol–water partition coefficient (Wildman–Crippen LogP) is -3.48. The molecule has 78 valence electrons. The third kappa shape index (κ3) is 9.72. The molecule has 1 aliphatic rings. The summed E-state index contributed by atoms with van der Waals surface area (Å²) < 4.78 is 36.4. The van der Waals surface area contributed by atoms with Gasteiger partial charge in [0.2, 0.25) is 0 Å². The summed E-state index contributed by atoms with van der Waals surface area (Å²) in [5.41, 5.74) is 1.47. The Morgan fingerprint density at radius 1 is 1.00 bits per heavy atom. The van der Waals surface area contributed by atoms with E-state index in [0.29, 0.717) is 0 Å². The Morgan fingerprint density at radius 2 is 1.31 bits per heavy atom. The zero-order chi connectivity index (χ0) is 10.5. The molecule has 5 nitrogen and oxygen atoms in total. The van der Waals surface area contributed by atoms with Crippen LogP contribution in [0.4, 0.5) is 0 Å². The van der Waals surface area contributed by atoms with E-state index in [1.165, 1.54) is 31.6 Å². The first-order valence-electron chi connectivity index (χ1n) is 3.97. The van der Waals surface area contributed by atoms with Crippen LogP contribution in [-0.4, -0.2) is 23.4 Å². The monoisotopic (exact) mass is 211 g/mol. The predicted molar refractivity (Wildman–Crippen MR) is 35.6 cm³/mol. The number of hydrogen-bond acceptors (Lipinski definition) is 4. The van der Waals surface area contributed by atoms with Crippen LogP contribution in [0.2, 0.25) is 0 Å². The summed E-state index contributed by atoms with van der Waals surface area (Å²) in [4.78, 5) is 0. The van der Waals surface area contributed by atoms with Crippen LogP contribution >= 0.6 is 0 Å². The molecular weight excluding hydrogens is 198 g/mol. The van der Waals surface area contributed by atoms with E-state index in [0.717, 1.165) is 0 Å². The lowest BCUT2D eigenvalue weighted by molar-refractivity contribution is -2.00. The third-order valence-electron chi connectivity index (χ3n) is 1.74. The third-order valence-corrected chi connectivity index (χ3v) is 1.74. The van der Waals surface area contributed by atoms with Crippen LogP contribution < -0.4 is 18.6 Å². The van der Waals surface area contributed by atoms with E-state index >= 15 is 0 Å². The minimum Gasteiger partial charge on any atom is -0.238 e. The van der Waals surface area contributed by atoms with Gasteiger partial charge < -0.3 is 0 Å². The Labute approximate surface area is 79.7 Å². The Kier molecular flexibility index (Phi) is 5.43. The highest BCUT2D eigenvalue weighted by atomic mass is 35.7. The van der Waals surface area contributed by atoms with Crippen LogP contribution in [0.5, 0.6) is 0 Å². The smallest absolute Gasteiger partial charge is 0.146 e. The first kappa shape index (κ1) is 12.8. The normalized spacial score (nSPS) is 16.6. The largest absolute Gasteiger partial charge is 0.238 e. The zero-order valence-corrected chi connectivity index (χ0v) is 8.54. The minimum absolute atomic E-state index is 1.29. The van der Waals surface area contributed by atoms with Crippen molar-refractivity contribution in [2.24, 2.45) is 0 Å². The highest BCUT2D eigenvalue weighted by molar-refractivity contribution is 5.73. The van der Waals surface area contributed by atoms with Crippen molar-refractivity contribution in [3.8, 4) is 0 Å². The fraction of sp³-hybridized carbons (Fsp3) is 0.857. The molecular formula is C7H14ClNO4.